The molecule has 0 atom stereocenters. The first-order valence-corrected chi connectivity index (χ1v) is 14.7. The highest BCUT2D eigenvalue weighted by Crippen LogP contribution is 2.35. The number of halogens is 1. The van der Waals surface area contributed by atoms with Gasteiger partial charge in [0.25, 0.3) is 11.8 Å². The average molecular weight is 610 g/mol. The lowest BCUT2D eigenvalue weighted by molar-refractivity contribution is -0.142. The Balaban J connectivity index is 1.39. The zero-order chi connectivity index (χ0) is 31.4. The molecule has 4 aromatic rings. The van der Waals surface area contributed by atoms with Crippen LogP contribution in [0.4, 0.5) is 17.1 Å². The minimum atomic E-state index is -0.535. The molecule has 224 valence electrons. The lowest BCUT2D eigenvalue weighted by Crippen LogP contribution is -2.36. The molecule has 0 fully saturated rings. The molecule has 9 heteroatoms. The molecule has 0 saturated carbocycles. The summed E-state index contributed by atoms with van der Waals surface area (Å²) in [7, 11) is 0. The fourth-order valence-corrected chi connectivity index (χ4v) is 5.64. The van der Waals surface area contributed by atoms with Crippen LogP contribution in [0.3, 0.4) is 0 Å². The molecule has 1 aliphatic rings. The highest BCUT2D eigenvalue weighted by atomic mass is 35.5. The zero-order valence-corrected chi connectivity index (χ0v) is 25.5. The van der Waals surface area contributed by atoms with Gasteiger partial charge in [-0.05, 0) is 73.9 Å². The summed E-state index contributed by atoms with van der Waals surface area (Å²) in [5.41, 5.74) is 6.04. The third-order valence-corrected chi connectivity index (χ3v) is 7.77. The van der Waals surface area contributed by atoms with E-state index in [9.17, 15) is 19.2 Å². The second-order valence-corrected chi connectivity index (χ2v) is 10.9. The van der Waals surface area contributed by atoms with Crippen LogP contribution in [0.5, 0.6) is 0 Å². The number of anilines is 3. The van der Waals surface area contributed by atoms with E-state index in [4.69, 9.17) is 16.3 Å². The van der Waals surface area contributed by atoms with Crippen molar-refractivity contribution in [2.24, 2.45) is 0 Å². The topological polar surface area (TPSA) is 96.0 Å². The summed E-state index contributed by atoms with van der Waals surface area (Å²) >= 11 is 6.63. The van der Waals surface area contributed by atoms with Crippen LogP contribution in [0.25, 0.3) is 11.1 Å². The SMILES string of the molecule is CCOC(=O)CN1C(=O)CCN(C(=O)c2ccc(NC(=O)c3ccccc3-c3ccc(C)cc3C)cc2Cl)c2ccccc21. The molecule has 1 heterocycles. The molecular weight excluding hydrogens is 578 g/mol. The van der Waals surface area contributed by atoms with Gasteiger partial charge in [0.05, 0.1) is 28.6 Å². The van der Waals surface area contributed by atoms with E-state index in [-0.39, 0.29) is 48.5 Å². The van der Waals surface area contributed by atoms with E-state index in [1.54, 1.807) is 49.4 Å². The predicted molar refractivity (Wildman–Crippen MR) is 172 cm³/mol. The fourth-order valence-electron chi connectivity index (χ4n) is 5.38. The van der Waals surface area contributed by atoms with E-state index >= 15 is 0 Å². The maximum atomic E-state index is 13.8. The first-order valence-electron chi connectivity index (χ1n) is 14.3. The van der Waals surface area contributed by atoms with Crippen molar-refractivity contribution >= 4 is 52.4 Å². The van der Waals surface area contributed by atoms with Gasteiger partial charge in [0.2, 0.25) is 5.91 Å². The molecule has 0 bridgehead atoms. The number of nitrogens with one attached hydrogen (secondary N) is 1. The van der Waals surface area contributed by atoms with Crippen molar-refractivity contribution in [3.05, 3.63) is 112 Å². The Morgan fingerprint density at radius 3 is 2.32 bits per heavy atom. The molecule has 1 N–H and O–H groups in total. The summed E-state index contributed by atoms with van der Waals surface area (Å²) in [5, 5.41) is 3.05. The van der Waals surface area contributed by atoms with E-state index in [0.717, 1.165) is 22.3 Å². The molecule has 3 amide bonds. The number of carbonyl (C=O) groups excluding carboxylic acids is 4. The molecule has 44 heavy (non-hydrogen) atoms. The van der Waals surface area contributed by atoms with E-state index in [1.165, 1.54) is 15.9 Å². The number of amides is 3. The van der Waals surface area contributed by atoms with Gasteiger partial charge in [-0.15, -0.1) is 0 Å². The van der Waals surface area contributed by atoms with Crippen molar-refractivity contribution in [1.82, 2.24) is 0 Å². The van der Waals surface area contributed by atoms with E-state index in [1.807, 2.05) is 44.2 Å². The highest BCUT2D eigenvalue weighted by molar-refractivity contribution is 6.35. The summed E-state index contributed by atoms with van der Waals surface area (Å²) in [6, 6.07) is 25.1. The Kier molecular flexibility index (Phi) is 9.11. The van der Waals surface area contributed by atoms with Crippen LogP contribution in [0.2, 0.25) is 5.02 Å². The molecular formula is C35H32ClN3O5. The van der Waals surface area contributed by atoms with Crippen LogP contribution in [-0.2, 0) is 14.3 Å². The van der Waals surface area contributed by atoms with Crippen molar-refractivity contribution in [1.29, 1.82) is 0 Å². The Labute approximate surface area is 261 Å². The van der Waals surface area contributed by atoms with Gasteiger partial charge in [0.15, 0.2) is 0 Å². The van der Waals surface area contributed by atoms with Crippen LogP contribution in [0, 0.1) is 13.8 Å². The van der Waals surface area contributed by atoms with Crippen molar-refractivity contribution in [2.45, 2.75) is 27.2 Å². The van der Waals surface area contributed by atoms with Crippen LogP contribution in [0.1, 0.15) is 45.2 Å². The second kappa shape index (κ2) is 13.1. The third-order valence-electron chi connectivity index (χ3n) is 7.45. The predicted octanol–water partition coefficient (Wildman–Crippen LogP) is 6.82. The average Bonchev–Trinajstić information content (AvgIpc) is 3.13. The number of fused-ring (bicyclic) bond motifs is 1. The Bertz CT molecular complexity index is 1770. The van der Waals surface area contributed by atoms with Gasteiger partial charge in [-0.2, -0.15) is 0 Å². The first kappa shape index (κ1) is 30.5. The molecule has 5 rings (SSSR count). The number of aryl methyl sites for hydroxylation is 2. The summed E-state index contributed by atoms with van der Waals surface area (Å²) in [5.74, 6) is -1.55. The minimum Gasteiger partial charge on any atom is -0.465 e. The number of para-hydroxylation sites is 2. The quantitative estimate of drug-likeness (QED) is 0.232. The number of benzene rings is 4. The van der Waals surface area contributed by atoms with Crippen LogP contribution < -0.4 is 15.1 Å². The standard InChI is InChI=1S/C35H32ClN3O5/c1-4-44-33(41)21-39-31-12-8-7-11-30(31)38(18-17-32(39)40)35(43)28-16-14-24(20-29(28)36)37-34(42)27-10-6-5-9-26(27)25-15-13-22(2)19-23(25)3/h5-16,19-20H,4,17-18,21H2,1-3H3,(H,37,42). The van der Waals surface area contributed by atoms with Gasteiger partial charge < -0.3 is 15.0 Å². The number of hydrogen-bond donors (Lipinski definition) is 1. The molecule has 0 aromatic heterocycles. The summed E-state index contributed by atoms with van der Waals surface area (Å²) in [6.07, 6.45) is 0.00541. The van der Waals surface area contributed by atoms with Gasteiger partial charge >= 0.3 is 5.97 Å². The zero-order valence-electron chi connectivity index (χ0n) is 24.7. The van der Waals surface area contributed by atoms with Crippen LogP contribution >= 0.6 is 11.6 Å². The first-order chi connectivity index (χ1) is 21.2. The summed E-state index contributed by atoms with van der Waals surface area (Å²) in [4.78, 5) is 55.3. The van der Waals surface area contributed by atoms with Gasteiger partial charge in [-0.1, -0.05) is 65.7 Å². The number of nitrogens with zero attached hydrogens (tertiary/aromatic N) is 2. The smallest absolute Gasteiger partial charge is 0.326 e. The largest absolute Gasteiger partial charge is 0.465 e. The van der Waals surface area contributed by atoms with Crippen molar-refractivity contribution in [2.75, 3.05) is 34.8 Å². The van der Waals surface area contributed by atoms with E-state index in [0.29, 0.717) is 22.6 Å². The Morgan fingerprint density at radius 2 is 1.59 bits per heavy atom. The van der Waals surface area contributed by atoms with E-state index in [2.05, 4.69) is 11.4 Å². The molecule has 1 aliphatic heterocycles. The second-order valence-electron chi connectivity index (χ2n) is 10.5. The Hall–Kier alpha value is -4.95. The van der Waals surface area contributed by atoms with Gasteiger partial charge in [0, 0.05) is 24.2 Å². The molecule has 0 saturated heterocycles. The lowest BCUT2D eigenvalue weighted by atomic mass is 9.94. The van der Waals surface area contributed by atoms with Crippen LogP contribution in [0.15, 0.2) is 84.9 Å². The number of ether oxygens (including phenoxy) is 1. The maximum absolute atomic E-state index is 13.8. The lowest BCUT2D eigenvalue weighted by Gasteiger charge is -2.25. The molecule has 0 radical (unpaired) electrons. The summed E-state index contributed by atoms with van der Waals surface area (Å²) < 4.78 is 5.05. The monoisotopic (exact) mass is 609 g/mol. The van der Waals surface area contributed by atoms with Crippen molar-refractivity contribution in [3.8, 4) is 11.1 Å². The number of hydrogen-bond acceptors (Lipinski definition) is 5. The number of rotatable bonds is 7. The molecule has 4 aromatic carbocycles. The highest BCUT2D eigenvalue weighted by Gasteiger charge is 2.31. The van der Waals surface area contributed by atoms with Crippen LogP contribution in [-0.4, -0.2) is 43.4 Å². The van der Waals surface area contributed by atoms with Gasteiger partial charge in [-0.25, -0.2) is 0 Å². The fraction of sp³-hybridized carbons (Fsp3) is 0.200. The normalized spacial score (nSPS) is 12.8. The molecule has 0 spiro atoms. The van der Waals surface area contributed by atoms with E-state index < -0.39 is 11.9 Å². The van der Waals surface area contributed by atoms with Crippen molar-refractivity contribution < 1.29 is 23.9 Å². The Morgan fingerprint density at radius 1 is 0.864 bits per heavy atom. The maximum Gasteiger partial charge on any atom is 0.326 e. The summed E-state index contributed by atoms with van der Waals surface area (Å²) in [6.45, 7) is 5.78. The van der Waals surface area contributed by atoms with Crippen molar-refractivity contribution in [3.63, 3.8) is 0 Å². The van der Waals surface area contributed by atoms with Gasteiger partial charge in [-0.3, -0.25) is 24.1 Å². The third kappa shape index (κ3) is 6.35. The number of carbonyl (C=O) groups is 4. The number of esters is 1. The molecule has 0 aliphatic carbocycles. The minimum absolute atomic E-state index is 0.00541. The molecule has 0 unspecified atom stereocenters. The van der Waals surface area contributed by atoms with Gasteiger partial charge in [0.1, 0.15) is 6.54 Å². The molecule has 8 nitrogen and oxygen atoms in total.